The van der Waals surface area contributed by atoms with E-state index < -0.39 is 0 Å². The van der Waals surface area contributed by atoms with Crippen LogP contribution in [0.3, 0.4) is 0 Å². The zero-order valence-corrected chi connectivity index (χ0v) is 18.1. The van der Waals surface area contributed by atoms with E-state index in [0.29, 0.717) is 23.1 Å². The monoisotopic (exact) mass is 416 g/mol. The Morgan fingerprint density at radius 3 is 2.76 bits per heavy atom. The maximum absolute atomic E-state index is 12.6. The Morgan fingerprint density at radius 2 is 1.97 bits per heavy atom. The lowest BCUT2D eigenvalue weighted by Crippen LogP contribution is -2.32. The molecule has 6 nitrogen and oxygen atoms in total. The molecular weight excluding hydrogens is 384 g/mol. The molecule has 1 aliphatic heterocycles. The zero-order valence-electron chi connectivity index (χ0n) is 17.3. The van der Waals surface area contributed by atoms with E-state index >= 15 is 0 Å². The van der Waals surface area contributed by atoms with Crippen LogP contribution in [0.5, 0.6) is 0 Å². The highest BCUT2D eigenvalue weighted by molar-refractivity contribution is 7.71. The predicted octanol–water partition coefficient (Wildman–Crippen LogP) is 3.47. The summed E-state index contributed by atoms with van der Waals surface area (Å²) < 4.78 is 2.08. The summed E-state index contributed by atoms with van der Waals surface area (Å²) in [6, 6.07) is 7.42. The zero-order chi connectivity index (χ0) is 20.6. The van der Waals surface area contributed by atoms with Crippen molar-refractivity contribution < 1.29 is 4.79 Å². The number of amides is 1. The molecule has 1 aromatic carbocycles. The number of rotatable bonds is 9. The number of carbonyl (C=O) groups excluding carboxylic acids is 1. The number of hydrogen-bond acceptors (Lipinski definition) is 4. The van der Waals surface area contributed by atoms with Crippen LogP contribution in [0, 0.1) is 10.7 Å². The van der Waals surface area contributed by atoms with Gasteiger partial charge in [-0.1, -0.05) is 18.6 Å². The molecule has 2 aromatic rings. The molecule has 0 unspecified atom stereocenters. The number of aromatic amines is 1. The molecule has 2 heterocycles. The standard InChI is InChI=1S/C22H32N4O2S/c1-25-15-11-17(12-16-25)10-13-23-20(27)9-3-2-6-14-26-21(28)18-7-4-5-8-19(18)24-22(26)29/h4-5,7-8,17H,2-3,6,9-16H2,1H3,(H,23,27)(H,24,29). The predicted molar refractivity (Wildman–Crippen MR) is 120 cm³/mol. The highest BCUT2D eigenvalue weighted by atomic mass is 32.1. The first-order valence-electron chi connectivity index (χ1n) is 10.7. The summed E-state index contributed by atoms with van der Waals surface area (Å²) in [5.74, 6) is 0.884. The molecule has 7 heteroatoms. The Labute approximate surface area is 177 Å². The van der Waals surface area contributed by atoms with E-state index in [1.807, 2.05) is 24.3 Å². The molecule has 0 spiro atoms. The summed E-state index contributed by atoms with van der Waals surface area (Å²) >= 11 is 5.34. The van der Waals surface area contributed by atoms with Crippen LogP contribution in [0.25, 0.3) is 10.9 Å². The van der Waals surface area contributed by atoms with Gasteiger partial charge in [0.1, 0.15) is 0 Å². The van der Waals surface area contributed by atoms with Crippen molar-refractivity contribution in [3.8, 4) is 0 Å². The molecule has 0 atom stereocenters. The number of piperidine rings is 1. The Hall–Kier alpha value is -1.99. The molecule has 29 heavy (non-hydrogen) atoms. The Balaban J connectivity index is 1.34. The van der Waals surface area contributed by atoms with Crippen LogP contribution in [0.4, 0.5) is 0 Å². The lowest BCUT2D eigenvalue weighted by atomic mass is 9.94. The first-order chi connectivity index (χ1) is 14.0. The summed E-state index contributed by atoms with van der Waals surface area (Å²) in [4.78, 5) is 30.1. The summed E-state index contributed by atoms with van der Waals surface area (Å²) in [5, 5.41) is 3.72. The van der Waals surface area contributed by atoms with Crippen LogP contribution < -0.4 is 10.9 Å². The lowest BCUT2D eigenvalue weighted by Gasteiger charge is -2.28. The van der Waals surface area contributed by atoms with Crippen molar-refractivity contribution >= 4 is 29.0 Å². The van der Waals surface area contributed by atoms with Gasteiger partial charge in [-0.3, -0.25) is 14.2 Å². The van der Waals surface area contributed by atoms with Gasteiger partial charge in [0.15, 0.2) is 4.77 Å². The van der Waals surface area contributed by atoms with Crippen molar-refractivity contribution in [3.05, 3.63) is 39.4 Å². The number of carbonyl (C=O) groups is 1. The van der Waals surface area contributed by atoms with Gasteiger partial charge >= 0.3 is 0 Å². The molecule has 0 bridgehead atoms. The number of hydrogen-bond donors (Lipinski definition) is 2. The second kappa shape index (κ2) is 10.7. The third kappa shape index (κ3) is 6.24. The van der Waals surface area contributed by atoms with E-state index in [1.54, 1.807) is 4.57 Å². The molecule has 3 rings (SSSR count). The van der Waals surface area contributed by atoms with Crippen molar-refractivity contribution in [1.82, 2.24) is 19.8 Å². The van der Waals surface area contributed by atoms with Crippen LogP contribution in [-0.4, -0.2) is 47.0 Å². The fourth-order valence-electron chi connectivity index (χ4n) is 3.99. The van der Waals surface area contributed by atoms with Crippen molar-refractivity contribution in [2.45, 2.75) is 51.5 Å². The molecule has 0 saturated carbocycles. The number of fused-ring (bicyclic) bond motifs is 1. The maximum atomic E-state index is 12.6. The number of nitrogens with one attached hydrogen (secondary N) is 2. The summed E-state index contributed by atoms with van der Waals surface area (Å²) in [5.41, 5.74) is 0.728. The number of unbranched alkanes of at least 4 members (excludes halogenated alkanes) is 2. The third-order valence-electron chi connectivity index (χ3n) is 5.89. The van der Waals surface area contributed by atoms with Gasteiger partial charge in [0, 0.05) is 19.5 Å². The third-order valence-corrected chi connectivity index (χ3v) is 6.21. The van der Waals surface area contributed by atoms with Crippen molar-refractivity contribution in [3.63, 3.8) is 0 Å². The number of para-hydroxylation sites is 1. The van der Waals surface area contributed by atoms with Crippen molar-refractivity contribution in [1.29, 1.82) is 0 Å². The van der Waals surface area contributed by atoms with Gasteiger partial charge in [0.25, 0.3) is 5.56 Å². The van der Waals surface area contributed by atoms with E-state index in [4.69, 9.17) is 12.2 Å². The molecule has 0 radical (unpaired) electrons. The molecular formula is C22H32N4O2S. The number of H-pyrrole nitrogens is 1. The van der Waals surface area contributed by atoms with Gasteiger partial charge in [-0.25, -0.2) is 0 Å². The number of likely N-dealkylation sites (tertiary alicyclic amines) is 1. The van der Waals surface area contributed by atoms with E-state index in [9.17, 15) is 9.59 Å². The van der Waals surface area contributed by atoms with Gasteiger partial charge in [0.2, 0.25) is 5.91 Å². The van der Waals surface area contributed by atoms with Gasteiger partial charge in [-0.2, -0.15) is 0 Å². The largest absolute Gasteiger partial charge is 0.356 e. The lowest BCUT2D eigenvalue weighted by molar-refractivity contribution is -0.121. The molecule has 158 valence electrons. The molecule has 1 fully saturated rings. The summed E-state index contributed by atoms with van der Waals surface area (Å²) in [7, 11) is 2.17. The normalized spacial score (nSPS) is 15.6. The van der Waals surface area contributed by atoms with Gasteiger partial charge in [-0.05, 0) is 82.5 Å². The molecule has 1 aromatic heterocycles. The second-order valence-electron chi connectivity index (χ2n) is 8.13. The van der Waals surface area contributed by atoms with E-state index in [-0.39, 0.29) is 11.5 Å². The number of nitrogens with zero attached hydrogens (tertiary/aromatic N) is 2. The number of benzene rings is 1. The topological polar surface area (TPSA) is 70.1 Å². The van der Waals surface area contributed by atoms with Crippen LogP contribution >= 0.6 is 12.2 Å². The molecule has 0 aliphatic carbocycles. The van der Waals surface area contributed by atoms with Gasteiger partial charge in [0.05, 0.1) is 10.9 Å². The second-order valence-corrected chi connectivity index (χ2v) is 8.52. The Bertz CT molecular complexity index is 928. The highest BCUT2D eigenvalue weighted by Gasteiger charge is 2.16. The SMILES string of the molecule is CN1CCC(CCNC(=O)CCCCCn2c(=S)[nH]c3ccccc3c2=O)CC1. The van der Waals surface area contributed by atoms with E-state index in [0.717, 1.165) is 43.7 Å². The minimum atomic E-state index is -0.0454. The van der Waals surface area contributed by atoms with Crippen LogP contribution in [0.2, 0.25) is 0 Å². The average Bonchev–Trinajstić information content (AvgIpc) is 2.71. The first kappa shape index (κ1) is 21.7. The van der Waals surface area contributed by atoms with Crippen LogP contribution in [0.1, 0.15) is 44.9 Å². The van der Waals surface area contributed by atoms with Gasteiger partial charge < -0.3 is 15.2 Å². The van der Waals surface area contributed by atoms with Crippen LogP contribution in [-0.2, 0) is 11.3 Å². The Kier molecular flexibility index (Phi) is 8.00. The average molecular weight is 417 g/mol. The maximum Gasteiger partial charge on any atom is 0.262 e. The van der Waals surface area contributed by atoms with Crippen LogP contribution in [0.15, 0.2) is 29.1 Å². The Morgan fingerprint density at radius 1 is 1.21 bits per heavy atom. The minimum absolute atomic E-state index is 0.0454. The molecule has 2 N–H and O–H groups in total. The molecule has 1 aliphatic rings. The molecule has 1 amide bonds. The quantitative estimate of drug-likeness (QED) is 0.485. The fraction of sp³-hybridized carbons (Fsp3) is 0.591. The van der Waals surface area contributed by atoms with Crippen molar-refractivity contribution in [2.75, 3.05) is 26.7 Å². The number of aromatic nitrogens is 2. The molecule has 1 saturated heterocycles. The minimum Gasteiger partial charge on any atom is -0.356 e. The smallest absolute Gasteiger partial charge is 0.262 e. The fourth-order valence-corrected chi connectivity index (χ4v) is 4.27. The highest BCUT2D eigenvalue weighted by Crippen LogP contribution is 2.18. The first-order valence-corrected chi connectivity index (χ1v) is 11.1. The van der Waals surface area contributed by atoms with E-state index in [1.165, 1.54) is 25.9 Å². The van der Waals surface area contributed by atoms with Gasteiger partial charge in [-0.15, -0.1) is 0 Å². The van der Waals surface area contributed by atoms with Crippen molar-refractivity contribution in [2.24, 2.45) is 5.92 Å². The summed E-state index contributed by atoms with van der Waals surface area (Å²) in [6.45, 7) is 3.71. The van der Waals surface area contributed by atoms with E-state index in [2.05, 4.69) is 22.2 Å². The summed E-state index contributed by atoms with van der Waals surface area (Å²) in [6.07, 6.45) is 6.68.